The number of nitrogens with zero attached hydrogens (tertiary/aromatic N) is 1. The van der Waals surface area contributed by atoms with Crippen molar-refractivity contribution in [2.24, 2.45) is 5.73 Å². The maximum absolute atomic E-state index is 5.94. The third kappa shape index (κ3) is 4.29. The molecule has 0 amide bonds. The van der Waals surface area contributed by atoms with Gasteiger partial charge in [-0.2, -0.15) is 11.8 Å². The molecule has 0 radical (unpaired) electrons. The summed E-state index contributed by atoms with van der Waals surface area (Å²) in [6.45, 7) is 0. The molecule has 0 saturated heterocycles. The minimum absolute atomic E-state index is 0.252. The third-order valence-electron chi connectivity index (χ3n) is 1.89. The Morgan fingerprint density at radius 2 is 2.38 bits per heavy atom. The van der Waals surface area contributed by atoms with E-state index in [2.05, 4.69) is 11.2 Å². The largest absolute Gasteiger partial charge is 0.327 e. The number of rotatable bonds is 5. The minimum atomic E-state index is 0.252. The molecule has 0 aromatic carbocycles. The Labute approximate surface area is 83.9 Å². The third-order valence-corrected chi connectivity index (χ3v) is 2.53. The second-order valence-electron chi connectivity index (χ2n) is 3.07. The van der Waals surface area contributed by atoms with Gasteiger partial charge in [0, 0.05) is 24.4 Å². The van der Waals surface area contributed by atoms with Crippen molar-refractivity contribution in [3.8, 4) is 0 Å². The Hall–Kier alpha value is -0.540. The average Bonchev–Trinajstić information content (AvgIpc) is 2.16. The molecule has 1 heterocycles. The van der Waals surface area contributed by atoms with Gasteiger partial charge in [0.15, 0.2) is 0 Å². The highest BCUT2D eigenvalue weighted by atomic mass is 32.2. The molecule has 0 saturated carbocycles. The SMILES string of the molecule is CSCC[C@@H](N)Cc1ccccn1. The zero-order chi connectivity index (χ0) is 9.52. The van der Waals surface area contributed by atoms with Gasteiger partial charge in [-0.25, -0.2) is 0 Å². The van der Waals surface area contributed by atoms with Gasteiger partial charge < -0.3 is 5.73 Å². The van der Waals surface area contributed by atoms with E-state index in [9.17, 15) is 0 Å². The van der Waals surface area contributed by atoms with Crippen LogP contribution in [0, 0.1) is 0 Å². The zero-order valence-electron chi connectivity index (χ0n) is 7.94. The molecule has 13 heavy (non-hydrogen) atoms. The van der Waals surface area contributed by atoms with E-state index in [1.165, 1.54) is 0 Å². The molecule has 0 spiro atoms. The molecule has 1 atom stereocenters. The second kappa shape index (κ2) is 6.00. The van der Waals surface area contributed by atoms with Gasteiger partial charge in [0.2, 0.25) is 0 Å². The molecular formula is C10H16N2S. The summed E-state index contributed by atoms with van der Waals surface area (Å²) in [7, 11) is 0. The molecule has 0 aliphatic rings. The Morgan fingerprint density at radius 1 is 1.54 bits per heavy atom. The average molecular weight is 196 g/mol. The van der Waals surface area contributed by atoms with Gasteiger partial charge in [0.1, 0.15) is 0 Å². The van der Waals surface area contributed by atoms with Crippen LogP contribution in [0.15, 0.2) is 24.4 Å². The lowest BCUT2D eigenvalue weighted by Gasteiger charge is -2.09. The normalized spacial score (nSPS) is 12.8. The van der Waals surface area contributed by atoms with E-state index in [1.54, 1.807) is 0 Å². The van der Waals surface area contributed by atoms with Crippen LogP contribution in [0.4, 0.5) is 0 Å². The maximum atomic E-state index is 5.94. The van der Waals surface area contributed by atoms with E-state index < -0.39 is 0 Å². The van der Waals surface area contributed by atoms with Crippen LogP contribution in [-0.2, 0) is 6.42 Å². The first-order valence-electron chi connectivity index (χ1n) is 4.47. The van der Waals surface area contributed by atoms with Crippen molar-refractivity contribution in [2.45, 2.75) is 18.9 Å². The van der Waals surface area contributed by atoms with Gasteiger partial charge in [-0.05, 0) is 30.6 Å². The van der Waals surface area contributed by atoms with Crippen LogP contribution in [0.1, 0.15) is 12.1 Å². The standard InChI is InChI=1S/C10H16N2S/c1-13-7-5-9(11)8-10-4-2-3-6-12-10/h2-4,6,9H,5,7-8,11H2,1H3/t9-/m1/s1. The van der Waals surface area contributed by atoms with Gasteiger partial charge in [-0.15, -0.1) is 0 Å². The number of aromatic nitrogens is 1. The van der Waals surface area contributed by atoms with E-state index in [4.69, 9.17) is 5.73 Å². The van der Waals surface area contributed by atoms with Crippen LogP contribution in [0.3, 0.4) is 0 Å². The summed E-state index contributed by atoms with van der Waals surface area (Å²) in [5, 5.41) is 0. The van der Waals surface area contributed by atoms with Crippen LogP contribution in [-0.4, -0.2) is 23.0 Å². The van der Waals surface area contributed by atoms with Crippen LogP contribution in [0.2, 0.25) is 0 Å². The molecule has 0 aliphatic heterocycles. The number of thioether (sulfide) groups is 1. The highest BCUT2D eigenvalue weighted by Crippen LogP contribution is 2.04. The molecule has 0 bridgehead atoms. The molecular weight excluding hydrogens is 180 g/mol. The molecule has 1 aromatic rings. The Kier molecular flexibility index (Phi) is 4.86. The molecule has 0 fully saturated rings. The number of pyridine rings is 1. The zero-order valence-corrected chi connectivity index (χ0v) is 8.76. The van der Waals surface area contributed by atoms with Gasteiger partial charge in [0.25, 0.3) is 0 Å². The fourth-order valence-electron chi connectivity index (χ4n) is 1.16. The second-order valence-corrected chi connectivity index (χ2v) is 4.05. The van der Waals surface area contributed by atoms with Crippen molar-refractivity contribution in [3.05, 3.63) is 30.1 Å². The first-order valence-corrected chi connectivity index (χ1v) is 5.86. The molecule has 2 nitrogen and oxygen atoms in total. The first kappa shape index (κ1) is 10.5. The van der Waals surface area contributed by atoms with Crippen molar-refractivity contribution in [3.63, 3.8) is 0 Å². The Balaban J connectivity index is 2.32. The number of nitrogens with two attached hydrogens (primary N) is 1. The monoisotopic (exact) mass is 196 g/mol. The highest BCUT2D eigenvalue weighted by molar-refractivity contribution is 7.98. The van der Waals surface area contributed by atoms with E-state index in [-0.39, 0.29) is 6.04 Å². The summed E-state index contributed by atoms with van der Waals surface area (Å²) in [6, 6.07) is 6.21. The summed E-state index contributed by atoms with van der Waals surface area (Å²) in [5.74, 6) is 1.13. The van der Waals surface area contributed by atoms with Crippen LogP contribution >= 0.6 is 11.8 Å². The Bertz CT molecular complexity index is 226. The predicted molar refractivity (Wildman–Crippen MR) is 58.9 cm³/mol. The molecule has 1 aromatic heterocycles. The van der Waals surface area contributed by atoms with Crippen molar-refractivity contribution in [1.82, 2.24) is 4.98 Å². The van der Waals surface area contributed by atoms with Crippen molar-refractivity contribution >= 4 is 11.8 Å². The summed E-state index contributed by atoms with van der Waals surface area (Å²) in [4.78, 5) is 4.24. The van der Waals surface area contributed by atoms with Crippen molar-refractivity contribution < 1.29 is 0 Å². The molecule has 0 aliphatic carbocycles. The molecule has 72 valence electrons. The summed E-state index contributed by atoms with van der Waals surface area (Å²) < 4.78 is 0. The minimum Gasteiger partial charge on any atom is -0.327 e. The quantitative estimate of drug-likeness (QED) is 0.779. The smallest absolute Gasteiger partial charge is 0.0419 e. The van der Waals surface area contributed by atoms with Crippen LogP contribution in [0.5, 0.6) is 0 Å². The lowest BCUT2D eigenvalue weighted by molar-refractivity contribution is 0.642. The number of hydrogen-bond donors (Lipinski definition) is 1. The lowest BCUT2D eigenvalue weighted by Crippen LogP contribution is -2.23. The summed E-state index contributed by atoms with van der Waals surface area (Å²) >= 11 is 1.84. The van der Waals surface area contributed by atoms with Crippen molar-refractivity contribution in [2.75, 3.05) is 12.0 Å². The predicted octanol–water partition coefficient (Wildman–Crippen LogP) is 1.70. The summed E-state index contributed by atoms with van der Waals surface area (Å²) in [5.41, 5.74) is 7.03. The fraction of sp³-hybridized carbons (Fsp3) is 0.500. The van der Waals surface area contributed by atoms with E-state index in [0.717, 1.165) is 24.3 Å². The van der Waals surface area contributed by atoms with E-state index >= 15 is 0 Å². The van der Waals surface area contributed by atoms with Crippen LogP contribution in [0.25, 0.3) is 0 Å². The Morgan fingerprint density at radius 3 is 3.00 bits per heavy atom. The number of hydrogen-bond acceptors (Lipinski definition) is 3. The maximum Gasteiger partial charge on any atom is 0.0419 e. The van der Waals surface area contributed by atoms with Gasteiger partial charge in [-0.3, -0.25) is 4.98 Å². The van der Waals surface area contributed by atoms with Gasteiger partial charge >= 0.3 is 0 Å². The first-order chi connectivity index (χ1) is 6.33. The van der Waals surface area contributed by atoms with Crippen LogP contribution < -0.4 is 5.73 Å². The van der Waals surface area contributed by atoms with Crippen molar-refractivity contribution in [1.29, 1.82) is 0 Å². The molecule has 0 unspecified atom stereocenters. The van der Waals surface area contributed by atoms with Gasteiger partial charge in [0.05, 0.1) is 0 Å². The fourth-order valence-corrected chi connectivity index (χ4v) is 1.70. The molecule has 3 heteroatoms. The topological polar surface area (TPSA) is 38.9 Å². The molecule has 2 N–H and O–H groups in total. The molecule has 1 rings (SSSR count). The highest BCUT2D eigenvalue weighted by Gasteiger charge is 2.03. The van der Waals surface area contributed by atoms with E-state index in [1.807, 2.05) is 36.2 Å². The summed E-state index contributed by atoms with van der Waals surface area (Å²) in [6.07, 6.45) is 5.88. The lowest BCUT2D eigenvalue weighted by atomic mass is 10.1. The van der Waals surface area contributed by atoms with Gasteiger partial charge in [-0.1, -0.05) is 6.07 Å². The van der Waals surface area contributed by atoms with E-state index in [0.29, 0.717) is 0 Å².